The lowest BCUT2D eigenvalue weighted by Crippen LogP contribution is -2.05. The van der Waals surface area contributed by atoms with Crippen LogP contribution >= 0.6 is 0 Å². The van der Waals surface area contributed by atoms with Gasteiger partial charge in [-0.25, -0.2) is 0 Å². The number of hydrogen-bond acceptors (Lipinski definition) is 1. The molecule has 0 heterocycles. The average Bonchev–Trinajstić information content (AvgIpc) is 2.40. The van der Waals surface area contributed by atoms with Crippen molar-refractivity contribution in [2.45, 2.75) is 40.2 Å². The number of para-hydroxylation sites is 1. The third-order valence-electron chi connectivity index (χ3n) is 3.64. The van der Waals surface area contributed by atoms with Gasteiger partial charge in [0.05, 0.1) is 0 Å². The fourth-order valence-electron chi connectivity index (χ4n) is 2.49. The molecule has 2 aromatic carbocycles. The second kappa shape index (κ2) is 6.42. The summed E-state index contributed by atoms with van der Waals surface area (Å²) in [6.45, 7) is 7.49. The van der Waals surface area contributed by atoms with E-state index in [-0.39, 0.29) is 0 Å². The standard InChI is InChI=1S/C18H23N/c1-4-8-16-11-5-6-12-18(16)19-13-17-14(2)9-7-10-15(17)3/h5-7,9-12,19H,4,8,13H2,1-3H3. The molecule has 1 nitrogen and oxygen atoms in total. The van der Waals surface area contributed by atoms with Gasteiger partial charge in [-0.3, -0.25) is 0 Å². The molecule has 0 aliphatic carbocycles. The van der Waals surface area contributed by atoms with Crippen molar-refractivity contribution in [3.63, 3.8) is 0 Å². The van der Waals surface area contributed by atoms with E-state index in [1.54, 1.807) is 0 Å². The maximum absolute atomic E-state index is 3.60. The van der Waals surface area contributed by atoms with Crippen molar-refractivity contribution in [2.24, 2.45) is 0 Å². The Balaban J connectivity index is 2.15. The highest BCUT2D eigenvalue weighted by Gasteiger charge is 2.04. The Hall–Kier alpha value is -1.76. The molecule has 0 saturated carbocycles. The molecule has 0 spiro atoms. The molecule has 100 valence electrons. The van der Waals surface area contributed by atoms with Crippen LogP contribution in [0.4, 0.5) is 5.69 Å². The molecule has 0 fully saturated rings. The van der Waals surface area contributed by atoms with Gasteiger partial charge in [0.25, 0.3) is 0 Å². The number of hydrogen-bond donors (Lipinski definition) is 1. The van der Waals surface area contributed by atoms with Gasteiger partial charge >= 0.3 is 0 Å². The van der Waals surface area contributed by atoms with E-state index in [0.29, 0.717) is 0 Å². The average molecular weight is 253 g/mol. The summed E-state index contributed by atoms with van der Waals surface area (Å²) in [5, 5.41) is 3.60. The van der Waals surface area contributed by atoms with Gasteiger partial charge in [0.1, 0.15) is 0 Å². The summed E-state index contributed by atoms with van der Waals surface area (Å²) >= 11 is 0. The molecule has 0 aliphatic heterocycles. The monoisotopic (exact) mass is 253 g/mol. The first-order valence-corrected chi connectivity index (χ1v) is 7.09. The molecule has 1 N–H and O–H groups in total. The topological polar surface area (TPSA) is 12.0 Å². The highest BCUT2D eigenvalue weighted by atomic mass is 14.9. The second-order valence-corrected chi connectivity index (χ2v) is 5.13. The predicted octanol–water partition coefficient (Wildman–Crippen LogP) is 4.87. The van der Waals surface area contributed by atoms with Crippen molar-refractivity contribution in [3.8, 4) is 0 Å². The van der Waals surface area contributed by atoms with Crippen LogP contribution in [0, 0.1) is 13.8 Å². The van der Waals surface area contributed by atoms with Crippen LogP contribution in [0.25, 0.3) is 0 Å². The van der Waals surface area contributed by atoms with E-state index in [9.17, 15) is 0 Å². The summed E-state index contributed by atoms with van der Waals surface area (Å²) in [4.78, 5) is 0. The number of nitrogens with one attached hydrogen (secondary N) is 1. The minimum Gasteiger partial charge on any atom is -0.381 e. The van der Waals surface area contributed by atoms with Crippen molar-refractivity contribution in [1.29, 1.82) is 0 Å². The molecule has 0 unspecified atom stereocenters. The van der Waals surface area contributed by atoms with Crippen LogP contribution in [-0.4, -0.2) is 0 Å². The Labute approximate surface area is 116 Å². The maximum atomic E-state index is 3.60. The molecule has 0 amide bonds. The van der Waals surface area contributed by atoms with Gasteiger partial charge in [0.2, 0.25) is 0 Å². The quantitative estimate of drug-likeness (QED) is 0.801. The SMILES string of the molecule is CCCc1ccccc1NCc1c(C)cccc1C. The second-order valence-electron chi connectivity index (χ2n) is 5.13. The minimum absolute atomic E-state index is 0.902. The van der Waals surface area contributed by atoms with E-state index in [4.69, 9.17) is 0 Å². The van der Waals surface area contributed by atoms with Crippen LogP contribution in [0.15, 0.2) is 42.5 Å². The molecule has 0 aromatic heterocycles. The molecular formula is C18H23N. The summed E-state index contributed by atoms with van der Waals surface area (Å²) in [6, 6.07) is 15.1. The van der Waals surface area contributed by atoms with Gasteiger partial charge < -0.3 is 5.32 Å². The first-order chi connectivity index (χ1) is 9.22. The van der Waals surface area contributed by atoms with Crippen LogP contribution < -0.4 is 5.32 Å². The van der Waals surface area contributed by atoms with Crippen molar-refractivity contribution in [2.75, 3.05) is 5.32 Å². The third kappa shape index (κ3) is 3.37. The van der Waals surface area contributed by atoms with Gasteiger partial charge in [-0.05, 0) is 48.6 Å². The van der Waals surface area contributed by atoms with Gasteiger partial charge in [-0.15, -0.1) is 0 Å². The lowest BCUT2D eigenvalue weighted by Gasteiger charge is -2.14. The van der Waals surface area contributed by atoms with Crippen molar-refractivity contribution in [1.82, 2.24) is 0 Å². The number of benzene rings is 2. The Morgan fingerprint density at radius 3 is 2.26 bits per heavy atom. The Bertz CT molecular complexity index is 523. The lowest BCUT2D eigenvalue weighted by atomic mass is 10.0. The molecule has 0 saturated heterocycles. The Morgan fingerprint density at radius 2 is 1.58 bits per heavy atom. The first-order valence-electron chi connectivity index (χ1n) is 7.09. The summed E-state index contributed by atoms with van der Waals surface area (Å²) in [5.74, 6) is 0. The van der Waals surface area contributed by atoms with Crippen LogP contribution in [0.5, 0.6) is 0 Å². The van der Waals surface area contributed by atoms with Crippen LogP contribution in [0.3, 0.4) is 0 Å². The van der Waals surface area contributed by atoms with Gasteiger partial charge in [-0.2, -0.15) is 0 Å². The molecule has 0 radical (unpaired) electrons. The zero-order chi connectivity index (χ0) is 13.7. The van der Waals surface area contributed by atoms with E-state index in [1.165, 1.54) is 34.4 Å². The van der Waals surface area contributed by atoms with E-state index in [2.05, 4.69) is 68.6 Å². The van der Waals surface area contributed by atoms with E-state index in [0.717, 1.165) is 13.0 Å². The normalized spacial score (nSPS) is 10.5. The van der Waals surface area contributed by atoms with Crippen molar-refractivity contribution >= 4 is 5.69 Å². The van der Waals surface area contributed by atoms with Gasteiger partial charge in [-0.1, -0.05) is 49.7 Å². The molecule has 0 atom stereocenters. The molecule has 1 heteroatoms. The zero-order valence-electron chi connectivity index (χ0n) is 12.2. The number of rotatable bonds is 5. The van der Waals surface area contributed by atoms with E-state index >= 15 is 0 Å². The summed E-state index contributed by atoms with van der Waals surface area (Å²) < 4.78 is 0. The van der Waals surface area contributed by atoms with E-state index in [1.807, 2.05) is 0 Å². The minimum atomic E-state index is 0.902. The summed E-state index contributed by atoms with van der Waals surface area (Å²) in [7, 11) is 0. The van der Waals surface area contributed by atoms with E-state index < -0.39 is 0 Å². The van der Waals surface area contributed by atoms with Gasteiger partial charge in [0.15, 0.2) is 0 Å². The Kier molecular flexibility index (Phi) is 4.62. The maximum Gasteiger partial charge on any atom is 0.0406 e. The first kappa shape index (κ1) is 13.7. The molecule has 0 bridgehead atoms. The molecular weight excluding hydrogens is 230 g/mol. The largest absolute Gasteiger partial charge is 0.381 e. The zero-order valence-corrected chi connectivity index (χ0v) is 12.2. The third-order valence-corrected chi connectivity index (χ3v) is 3.64. The smallest absolute Gasteiger partial charge is 0.0406 e. The number of aryl methyl sites for hydroxylation is 3. The lowest BCUT2D eigenvalue weighted by molar-refractivity contribution is 0.919. The fraction of sp³-hybridized carbons (Fsp3) is 0.333. The summed E-state index contributed by atoms with van der Waals surface area (Å²) in [6.07, 6.45) is 2.32. The van der Waals surface area contributed by atoms with Crippen LogP contribution in [0.2, 0.25) is 0 Å². The molecule has 2 aromatic rings. The predicted molar refractivity (Wildman–Crippen MR) is 83.7 cm³/mol. The molecule has 19 heavy (non-hydrogen) atoms. The molecule has 2 rings (SSSR count). The van der Waals surface area contributed by atoms with Gasteiger partial charge in [0, 0.05) is 12.2 Å². The molecule has 0 aliphatic rings. The number of anilines is 1. The fourth-order valence-corrected chi connectivity index (χ4v) is 2.49. The van der Waals surface area contributed by atoms with Crippen molar-refractivity contribution in [3.05, 3.63) is 64.7 Å². The highest BCUT2D eigenvalue weighted by molar-refractivity contribution is 5.52. The Morgan fingerprint density at radius 1 is 0.895 bits per heavy atom. The van der Waals surface area contributed by atoms with Crippen LogP contribution in [0.1, 0.15) is 35.6 Å². The highest BCUT2D eigenvalue weighted by Crippen LogP contribution is 2.20. The van der Waals surface area contributed by atoms with Crippen molar-refractivity contribution < 1.29 is 0 Å². The summed E-state index contributed by atoms with van der Waals surface area (Å²) in [5.41, 5.74) is 6.82. The van der Waals surface area contributed by atoms with Crippen LogP contribution in [-0.2, 0) is 13.0 Å².